The number of carbonyl (C=O) groups excluding carboxylic acids is 1. The molecule has 0 spiro atoms. The molecule has 0 aliphatic carbocycles. The van der Waals surface area contributed by atoms with Gasteiger partial charge in [0.15, 0.2) is 5.78 Å². The number of Topliss-reactive ketones (excluding diaryl/α,β-unsaturated/α-hetero) is 1. The zero-order valence-electron chi connectivity index (χ0n) is 12.4. The standard InChI is InChI=1S/C15H21NO4S/c1-4-9-16(10-11-20-3)21(18,19)14-8-6-7-13(12-14)15(17)5-2/h4,6-8,12H,1,5,9-11H2,2-3H3. The van der Waals surface area contributed by atoms with E-state index in [0.717, 1.165) is 0 Å². The number of ether oxygens (including phenoxy) is 1. The average molecular weight is 311 g/mol. The highest BCUT2D eigenvalue weighted by molar-refractivity contribution is 7.89. The summed E-state index contributed by atoms with van der Waals surface area (Å²) in [5.41, 5.74) is 0.406. The molecular formula is C15H21NO4S. The highest BCUT2D eigenvalue weighted by Gasteiger charge is 2.23. The normalized spacial score (nSPS) is 11.6. The molecule has 0 unspecified atom stereocenters. The molecule has 0 fully saturated rings. The molecule has 1 aromatic carbocycles. The number of carbonyl (C=O) groups is 1. The molecule has 0 saturated carbocycles. The van der Waals surface area contributed by atoms with Gasteiger partial charge in [-0.1, -0.05) is 25.1 Å². The maximum atomic E-state index is 12.6. The minimum absolute atomic E-state index is 0.0841. The van der Waals surface area contributed by atoms with Gasteiger partial charge in [0.25, 0.3) is 0 Å². The van der Waals surface area contributed by atoms with Crippen LogP contribution >= 0.6 is 0 Å². The smallest absolute Gasteiger partial charge is 0.243 e. The van der Waals surface area contributed by atoms with Crippen molar-refractivity contribution in [2.75, 3.05) is 26.8 Å². The molecule has 0 aromatic heterocycles. The van der Waals surface area contributed by atoms with Crippen LogP contribution in [-0.2, 0) is 14.8 Å². The summed E-state index contributed by atoms with van der Waals surface area (Å²) in [5.74, 6) is -0.0841. The molecule has 0 radical (unpaired) electrons. The summed E-state index contributed by atoms with van der Waals surface area (Å²) in [4.78, 5) is 11.8. The Morgan fingerprint density at radius 2 is 2.14 bits per heavy atom. The van der Waals surface area contributed by atoms with E-state index < -0.39 is 10.0 Å². The van der Waals surface area contributed by atoms with E-state index in [1.54, 1.807) is 19.1 Å². The number of methoxy groups -OCH3 is 1. The third kappa shape index (κ3) is 4.49. The molecule has 0 bridgehead atoms. The lowest BCUT2D eigenvalue weighted by atomic mass is 10.1. The topological polar surface area (TPSA) is 63.7 Å². The van der Waals surface area contributed by atoms with E-state index in [0.29, 0.717) is 18.6 Å². The van der Waals surface area contributed by atoms with Crippen molar-refractivity contribution in [1.29, 1.82) is 0 Å². The van der Waals surface area contributed by atoms with Crippen LogP contribution in [0, 0.1) is 0 Å². The molecule has 0 aliphatic heterocycles. The second kappa shape index (κ2) is 8.07. The molecule has 0 saturated heterocycles. The first kappa shape index (κ1) is 17.6. The van der Waals surface area contributed by atoms with Crippen molar-refractivity contribution in [2.24, 2.45) is 0 Å². The lowest BCUT2D eigenvalue weighted by Crippen LogP contribution is -2.34. The minimum atomic E-state index is -3.67. The Kier molecular flexibility index (Phi) is 6.74. The summed E-state index contributed by atoms with van der Waals surface area (Å²) >= 11 is 0. The Hall–Kier alpha value is -1.50. The van der Waals surface area contributed by atoms with E-state index in [9.17, 15) is 13.2 Å². The Bertz CT molecular complexity index is 595. The van der Waals surface area contributed by atoms with E-state index in [2.05, 4.69) is 6.58 Å². The molecule has 6 heteroatoms. The van der Waals surface area contributed by atoms with Crippen molar-refractivity contribution in [3.63, 3.8) is 0 Å². The summed E-state index contributed by atoms with van der Waals surface area (Å²) < 4.78 is 31.4. The molecule has 0 atom stereocenters. The fourth-order valence-corrected chi connectivity index (χ4v) is 3.27. The molecule has 0 aliphatic rings. The van der Waals surface area contributed by atoms with Crippen molar-refractivity contribution < 1.29 is 17.9 Å². The van der Waals surface area contributed by atoms with Gasteiger partial charge >= 0.3 is 0 Å². The van der Waals surface area contributed by atoms with Crippen molar-refractivity contribution >= 4 is 15.8 Å². The van der Waals surface area contributed by atoms with Gasteiger partial charge in [0, 0.05) is 32.2 Å². The van der Waals surface area contributed by atoms with E-state index in [4.69, 9.17) is 4.74 Å². The molecule has 21 heavy (non-hydrogen) atoms. The Labute approximate surface area is 126 Å². The number of sulfonamides is 1. The van der Waals surface area contributed by atoms with Crippen molar-refractivity contribution in [2.45, 2.75) is 18.2 Å². The van der Waals surface area contributed by atoms with Gasteiger partial charge in [-0.3, -0.25) is 4.79 Å². The van der Waals surface area contributed by atoms with Crippen LogP contribution in [0.1, 0.15) is 23.7 Å². The first-order chi connectivity index (χ1) is 9.97. The SMILES string of the molecule is C=CCN(CCOC)S(=O)(=O)c1cccc(C(=O)CC)c1. The molecule has 1 aromatic rings. The second-order valence-corrected chi connectivity index (χ2v) is 6.39. The van der Waals surface area contributed by atoms with Gasteiger partial charge in [-0.25, -0.2) is 8.42 Å². The number of hydrogen-bond donors (Lipinski definition) is 0. The third-order valence-electron chi connectivity index (χ3n) is 2.99. The van der Waals surface area contributed by atoms with Gasteiger partial charge in [0.2, 0.25) is 10.0 Å². The fraction of sp³-hybridized carbons (Fsp3) is 0.400. The van der Waals surface area contributed by atoms with E-state index in [1.165, 1.54) is 29.6 Å². The van der Waals surface area contributed by atoms with E-state index >= 15 is 0 Å². The number of rotatable bonds is 9. The van der Waals surface area contributed by atoms with Gasteiger partial charge in [-0.2, -0.15) is 4.31 Å². The maximum Gasteiger partial charge on any atom is 0.243 e. The van der Waals surface area contributed by atoms with Crippen LogP contribution in [0.4, 0.5) is 0 Å². The average Bonchev–Trinajstić information content (AvgIpc) is 2.50. The van der Waals surface area contributed by atoms with Crippen molar-refractivity contribution in [1.82, 2.24) is 4.31 Å². The fourth-order valence-electron chi connectivity index (χ4n) is 1.83. The summed E-state index contributed by atoms with van der Waals surface area (Å²) in [6.45, 7) is 6.03. The molecule has 0 N–H and O–H groups in total. The van der Waals surface area contributed by atoms with E-state index in [-0.39, 0.29) is 23.8 Å². The first-order valence-electron chi connectivity index (χ1n) is 6.70. The van der Waals surface area contributed by atoms with Gasteiger partial charge in [0.1, 0.15) is 0 Å². The largest absolute Gasteiger partial charge is 0.383 e. The molecule has 0 amide bonds. The molecule has 1 rings (SSSR count). The monoisotopic (exact) mass is 311 g/mol. The predicted molar refractivity (Wildman–Crippen MR) is 81.9 cm³/mol. The van der Waals surface area contributed by atoms with Crippen molar-refractivity contribution in [3.8, 4) is 0 Å². The van der Waals surface area contributed by atoms with Gasteiger partial charge < -0.3 is 4.74 Å². The van der Waals surface area contributed by atoms with Crippen LogP contribution < -0.4 is 0 Å². The molecule has 0 heterocycles. The van der Waals surface area contributed by atoms with E-state index in [1.807, 2.05) is 0 Å². The Morgan fingerprint density at radius 3 is 2.71 bits per heavy atom. The number of benzene rings is 1. The summed E-state index contributed by atoms with van der Waals surface area (Å²) in [6, 6.07) is 6.12. The van der Waals surface area contributed by atoms with Gasteiger partial charge in [-0.15, -0.1) is 6.58 Å². The van der Waals surface area contributed by atoms with Crippen molar-refractivity contribution in [3.05, 3.63) is 42.5 Å². The summed E-state index contributed by atoms with van der Waals surface area (Å²) in [7, 11) is -2.16. The summed E-state index contributed by atoms with van der Waals surface area (Å²) in [6.07, 6.45) is 1.86. The molecule has 5 nitrogen and oxygen atoms in total. The zero-order chi connectivity index (χ0) is 15.9. The number of nitrogens with zero attached hydrogens (tertiary/aromatic N) is 1. The van der Waals surface area contributed by atoms with Gasteiger partial charge in [-0.05, 0) is 12.1 Å². The lowest BCUT2D eigenvalue weighted by molar-refractivity contribution is 0.0988. The van der Waals surface area contributed by atoms with Crippen LogP contribution in [0.3, 0.4) is 0 Å². The first-order valence-corrected chi connectivity index (χ1v) is 8.14. The molecule has 116 valence electrons. The second-order valence-electron chi connectivity index (χ2n) is 4.45. The molecular weight excluding hydrogens is 290 g/mol. The summed E-state index contributed by atoms with van der Waals surface area (Å²) in [5, 5.41) is 0. The highest BCUT2D eigenvalue weighted by Crippen LogP contribution is 2.18. The predicted octanol–water partition coefficient (Wildman–Crippen LogP) is 2.10. The number of hydrogen-bond acceptors (Lipinski definition) is 4. The Balaban J connectivity index is 3.15. The van der Waals surface area contributed by atoms with Gasteiger partial charge in [0.05, 0.1) is 11.5 Å². The lowest BCUT2D eigenvalue weighted by Gasteiger charge is -2.20. The van der Waals surface area contributed by atoms with Crippen LogP contribution in [0.5, 0.6) is 0 Å². The van der Waals surface area contributed by atoms with Crippen LogP contribution in [0.25, 0.3) is 0 Å². The van der Waals surface area contributed by atoms with Crippen LogP contribution in [0.2, 0.25) is 0 Å². The Morgan fingerprint density at radius 1 is 1.43 bits per heavy atom. The van der Waals surface area contributed by atoms with Crippen LogP contribution in [0.15, 0.2) is 41.8 Å². The highest BCUT2D eigenvalue weighted by atomic mass is 32.2. The number of ketones is 1. The zero-order valence-corrected chi connectivity index (χ0v) is 13.2. The quantitative estimate of drug-likeness (QED) is 0.517. The third-order valence-corrected chi connectivity index (χ3v) is 4.85. The minimum Gasteiger partial charge on any atom is -0.383 e. The van der Waals surface area contributed by atoms with Crippen LogP contribution in [-0.4, -0.2) is 45.3 Å². The maximum absolute atomic E-state index is 12.6.